The fourth-order valence-electron chi connectivity index (χ4n) is 2.36. The number of hydrogen-bond acceptors (Lipinski definition) is 4. The van der Waals surface area contributed by atoms with E-state index < -0.39 is 0 Å². The topological polar surface area (TPSA) is 55.6 Å². The number of nitrogens with one attached hydrogen (secondary N) is 1. The molecule has 1 N–H and O–H groups in total. The van der Waals surface area contributed by atoms with Crippen LogP contribution in [-0.4, -0.2) is 19.7 Å². The van der Waals surface area contributed by atoms with Crippen molar-refractivity contribution >= 4 is 16.7 Å². The fourth-order valence-corrected chi connectivity index (χ4v) is 2.36. The number of hydrogen-bond donors (Lipinski definition) is 1. The Hall–Kier alpha value is -2.43. The van der Waals surface area contributed by atoms with E-state index >= 15 is 0 Å². The Kier molecular flexibility index (Phi) is 3.56. The van der Waals surface area contributed by atoms with Crippen LogP contribution in [0.1, 0.15) is 38.4 Å². The van der Waals surface area contributed by atoms with Gasteiger partial charge in [0.15, 0.2) is 5.65 Å². The van der Waals surface area contributed by atoms with Gasteiger partial charge in [-0.15, -0.1) is 0 Å². The molecule has 0 saturated carbocycles. The molecule has 5 heteroatoms. The Balaban J connectivity index is 1.85. The standard InChI is InChI=1S/C16H19N5/c1-11(2)21-16-14(9-19-21)7-15(10-18-16)20-12(3)13-5-4-6-17-8-13/h4-12,20H,1-3H3. The van der Waals surface area contributed by atoms with Crippen molar-refractivity contribution in [1.82, 2.24) is 19.7 Å². The lowest BCUT2D eigenvalue weighted by Crippen LogP contribution is -2.07. The summed E-state index contributed by atoms with van der Waals surface area (Å²) >= 11 is 0. The Morgan fingerprint density at radius 2 is 2.00 bits per heavy atom. The molecule has 1 unspecified atom stereocenters. The summed E-state index contributed by atoms with van der Waals surface area (Å²) in [6.45, 7) is 6.31. The van der Waals surface area contributed by atoms with Crippen molar-refractivity contribution in [2.24, 2.45) is 0 Å². The summed E-state index contributed by atoms with van der Waals surface area (Å²) in [6.07, 6.45) is 7.38. The van der Waals surface area contributed by atoms with Crippen LogP contribution in [0.4, 0.5) is 5.69 Å². The van der Waals surface area contributed by atoms with E-state index in [4.69, 9.17) is 0 Å². The van der Waals surface area contributed by atoms with E-state index in [9.17, 15) is 0 Å². The Morgan fingerprint density at radius 3 is 2.71 bits per heavy atom. The average molecular weight is 281 g/mol. The van der Waals surface area contributed by atoms with Gasteiger partial charge < -0.3 is 5.32 Å². The quantitative estimate of drug-likeness (QED) is 0.794. The lowest BCUT2D eigenvalue weighted by atomic mass is 10.1. The first-order valence-electron chi connectivity index (χ1n) is 7.15. The SMILES string of the molecule is CC(Nc1cnc2c(cnn2C(C)C)c1)c1cccnc1. The molecule has 0 amide bonds. The zero-order valence-corrected chi connectivity index (χ0v) is 12.5. The number of anilines is 1. The minimum Gasteiger partial charge on any atom is -0.377 e. The van der Waals surface area contributed by atoms with Crippen LogP contribution in [0.2, 0.25) is 0 Å². The predicted molar refractivity (Wildman–Crippen MR) is 84.2 cm³/mol. The highest BCUT2D eigenvalue weighted by Gasteiger charge is 2.10. The third-order valence-electron chi connectivity index (χ3n) is 3.49. The minimum atomic E-state index is 0.179. The van der Waals surface area contributed by atoms with Crippen LogP contribution in [0.25, 0.3) is 11.0 Å². The van der Waals surface area contributed by atoms with E-state index in [2.05, 4.69) is 53.3 Å². The first-order valence-corrected chi connectivity index (χ1v) is 7.15. The second-order valence-corrected chi connectivity index (χ2v) is 5.47. The molecule has 5 nitrogen and oxygen atoms in total. The Labute approximate surface area is 124 Å². The molecule has 3 aromatic rings. The largest absolute Gasteiger partial charge is 0.377 e. The van der Waals surface area contributed by atoms with E-state index in [1.165, 1.54) is 0 Å². The van der Waals surface area contributed by atoms with E-state index in [0.29, 0.717) is 6.04 Å². The highest BCUT2D eigenvalue weighted by atomic mass is 15.3. The summed E-state index contributed by atoms with van der Waals surface area (Å²) in [6, 6.07) is 6.58. The molecule has 3 rings (SSSR count). The Bertz CT molecular complexity index is 733. The second-order valence-electron chi connectivity index (χ2n) is 5.47. The molecule has 0 saturated heterocycles. The maximum atomic E-state index is 4.53. The highest BCUT2D eigenvalue weighted by Crippen LogP contribution is 2.22. The molecule has 3 heterocycles. The van der Waals surface area contributed by atoms with Gasteiger partial charge in [0.05, 0.1) is 24.1 Å². The number of fused-ring (bicyclic) bond motifs is 1. The molecule has 0 spiro atoms. The number of rotatable bonds is 4. The van der Waals surface area contributed by atoms with Crippen LogP contribution < -0.4 is 5.32 Å². The van der Waals surface area contributed by atoms with Crippen molar-refractivity contribution in [3.8, 4) is 0 Å². The maximum absolute atomic E-state index is 4.53. The zero-order chi connectivity index (χ0) is 14.8. The summed E-state index contributed by atoms with van der Waals surface area (Å²) in [5.41, 5.74) is 3.06. The van der Waals surface area contributed by atoms with Gasteiger partial charge in [0.25, 0.3) is 0 Å². The maximum Gasteiger partial charge on any atom is 0.158 e. The Morgan fingerprint density at radius 1 is 1.14 bits per heavy atom. The van der Waals surface area contributed by atoms with E-state index in [1.54, 1.807) is 6.20 Å². The molecular weight excluding hydrogens is 262 g/mol. The first-order chi connectivity index (χ1) is 10.1. The molecule has 108 valence electrons. The predicted octanol–water partition coefficient (Wildman–Crippen LogP) is 3.58. The van der Waals surface area contributed by atoms with Crippen LogP contribution in [0, 0.1) is 0 Å². The smallest absolute Gasteiger partial charge is 0.158 e. The van der Waals surface area contributed by atoms with Gasteiger partial charge in [-0.25, -0.2) is 9.67 Å². The molecule has 0 fully saturated rings. The number of pyridine rings is 2. The van der Waals surface area contributed by atoms with Crippen molar-refractivity contribution < 1.29 is 0 Å². The van der Waals surface area contributed by atoms with Crippen LogP contribution in [-0.2, 0) is 0 Å². The van der Waals surface area contributed by atoms with Crippen molar-refractivity contribution in [1.29, 1.82) is 0 Å². The second kappa shape index (κ2) is 5.52. The van der Waals surface area contributed by atoms with Gasteiger partial charge in [-0.3, -0.25) is 4.98 Å². The van der Waals surface area contributed by atoms with Crippen molar-refractivity contribution in [2.75, 3.05) is 5.32 Å². The highest BCUT2D eigenvalue weighted by molar-refractivity contribution is 5.78. The third kappa shape index (κ3) is 2.72. The zero-order valence-electron chi connectivity index (χ0n) is 12.5. The minimum absolute atomic E-state index is 0.179. The van der Waals surface area contributed by atoms with Crippen molar-refractivity contribution in [3.05, 3.63) is 48.5 Å². The molecule has 0 aliphatic heterocycles. The monoisotopic (exact) mass is 281 g/mol. The van der Waals surface area contributed by atoms with Gasteiger partial charge in [-0.1, -0.05) is 6.07 Å². The summed E-state index contributed by atoms with van der Waals surface area (Å²) in [5.74, 6) is 0. The fraction of sp³-hybridized carbons (Fsp3) is 0.312. The summed E-state index contributed by atoms with van der Waals surface area (Å²) in [7, 11) is 0. The van der Waals surface area contributed by atoms with Gasteiger partial charge >= 0.3 is 0 Å². The summed E-state index contributed by atoms with van der Waals surface area (Å²) in [5, 5.41) is 8.89. The van der Waals surface area contributed by atoms with Crippen LogP contribution in [0.5, 0.6) is 0 Å². The van der Waals surface area contributed by atoms with E-state index in [0.717, 1.165) is 22.3 Å². The molecule has 0 bridgehead atoms. The third-order valence-corrected chi connectivity index (χ3v) is 3.49. The van der Waals surface area contributed by atoms with Crippen molar-refractivity contribution in [3.63, 3.8) is 0 Å². The molecule has 0 aliphatic rings. The van der Waals surface area contributed by atoms with Gasteiger partial charge in [-0.05, 0) is 38.5 Å². The normalized spacial score (nSPS) is 12.8. The van der Waals surface area contributed by atoms with Crippen molar-refractivity contribution in [2.45, 2.75) is 32.9 Å². The van der Waals surface area contributed by atoms with E-state index in [-0.39, 0.29) is 6.04 Å². The number of nitrogens with zero attached hydrogens (tertiary/aromatic N) is 4. The lowest BCUT2D eigenvalue weighted by Gasteiger charge is -2.15. The van der Waals surface area contributed by atoms with Crippen LogP contribution in [0.3, 0.4) is 0 Å². The molecule has 1 atom stereocenters. The lowest BCUT2D eigenvalue weighted by molar-refractivity contribution is 0.546. The van der Waals surface area contributed by atoms with Crippen LogP contribution in [0.15, 0.2) is 43.0 Å². The molecular formula is C16H19N5. The van der Waals surface area contributed by atoms with Gasteiger partial charge in [0.2, 0.25) is 0 Å². The molecule has 0 radical (unpaired) electrons. The van der Waals surface area contributed by atoms with E-state index in [1.807, 2.05) is 29.3 Å². The first kappa shape index (κ1) is 13.5. The van der Waals surface area contributed by atoms with Crippen LogP contribution >= 0.6 is 0 Å². The summed E-state index contributed by atoms with van der Waals surface area (Å²) in [4.78, 5) is 8.68. The van der Waals surface area contributed by atoms with Gasteiger partial charge in [0, 0.05) is 23.8 Å². The molecule has 3 aromatic heterocycles. The van der Waals surface area contributed by atoms with Gasteiger partial charge in [0.1, 0.15) is 0 Å². The molecule has 0 aromatic carbocycles. The summed E-state index contributed by atoms with van der Waals surface area (Å²) < 4.78 is 1.93. The van der Waals surface area contributed by atoms with Gasteiger partial charge in [-0.2, -0.15) is 5.10 Å². The number of aromatic nitrogens is 4. The molecule has 0 aliphatic carbocycles. The molecule has 21 heavy (non-hydrogen) atoms. The average Bonchev–Trinajstić information content (AvgIpc) is 2.91.